The number of benzene rings is 2. The number of quaternary nitrogens is 1. The quantitative estimate of drug-likeness (QED) is 0.670. The predicted molar refractivity (Wildman–Crippen MR) is 110 cm³/mol. The second kappa shape index (κ2) is 8.25. The van der Waals surface area contributed by atoms with Crippen LogP contribution in [0.25, 0.3) is 0 Å². The molecule has 5 nitrogen and oxygen atoms in total. The van der Waals surface area contributed by atoms with Crippen LogP contribution in [0, 0.1) is 0 Å². The maximum Gasteiger partial charge on any atom is 0.416 e. The second-order valence-corrected chi connectivity index (χ2v) is 9.07. The average molecular weight is 439 g/mol. The molecule has 0 spiro atoms. The first-order chi connectivity index (χ1) is 14.1. The maximum atomic E-state index is 13.1. The number of hydrogen-bond acceptors (Lipinski definition) is 4. The molecule has 2 aromatic carbocycles. The molecule has 160 valence electrons. The molecule has 0 amide bonds. The Labute approximate surface area is 173 Å². The molecule has 0 aromatic heterocycles. The number of ether oxygens (including phenoxy) is 1. The molecule has 1 heterocycles. The first kappa shape index (κ1) is 22.1. The van der Waals surface area contributed by atoms with Gasteiger partial charge in [0.15, 0.2) is 5.69 Å². The molecule has 0 saturated carbocycles. The van der Waals surface area contributed by atoms with Crippen molar-refractivity contribution in [2.24, 2.45) is 5.73 Å². The van der Waals surface area contributed by atoms with Gasteiger partial charge in [-0.2, -0.15) is 25.5 Å². The van der Waals surface area contributed by atoms with Crippen LogP contribution in [-0.2, 0) is 16.2 Å². The van der Waals surface area contributed by atoms with Crippen LogP contribution in [0.4, 0.5) is 18.9 Å². The number of allylic oxidation sites excluding steroid dienone is 2. The van der Waals surface area contributed by atoms with E-state index in [-0.39, 0.29) is 30.3 Å². The van der Waals surface area contributed by atoms with E-state index < -0.39 is 25.7 Å². The van der Waals surface area contributed by atoms with Crippen molar-refractivity contribution in [2.75, 3.05) is 18.8 Å². The van der Waals surface area contributed by atoms with E-state index in [1.165, 1.54) is 24.3 Å². The van der Waals surface area contributed by atoms with E-state index in [0.29, 0.717) is 11.4 Å². The molecule has 0 radical (unpaired) electrons. The highest BCUT2D eigenvalue weighted by atomic mass is 32.2. The highest BCUT2D eigenvalue weighted by Gasteiger charge is 2.46. The van der Waals surface area contributed by atoms with E-state index in [1.807, 2.05) is 0 Å². The molecule has 1 aliphatic heterocycles. The Kier molecular flexibility index (Phi) is 6.07. The van der Waals surface area contributed by atoms with Crippen LogP contribution in [0.5, 0.6) is 11.5 Å². The lowest BCUT2D eigenvalue weighted by Gasteiger charge is -2.37. The Hall–Kier alpha value is -2.62. The fourth-order valence-electron chi connectivity index (χ4n) is 3.41. The summed E-state index contributed by atoms with van der Waals surface area (Å²) < 4.78 is 69.9. The van der Waals surface area contributed by atoms with Crippen molar-refractivity contribution in [3.63, 3.8) is 0 Å². The van der Waals surface area contributed by atoms with E-state index in [9.17, 15) is 21.6 Å². The average Bonchev–Trinajstić information content (AvgIpc) is 2.73. The van der Waals surface area contributed by atoms with Gasteiger partial charge in [0.05, 0.1) is 17.9 Å². The molecule has 1 unspecified atom stereocenters. The standard InChI is InChI=1S/C21H22F3N2O3S/c1-2-30(27,28)26(13-4-3-7-18(26)15-25)17-9-11-19(12-10-17)29-20-8-5-6-16(14-20)21(22,23)24/h3-12,14H,2,13,15,25H2,1H3/q+1. The lowest BCUT2D eigenvalue weighted by atomic mass is 10.2. The minimum atomic E-state index is -4.47. The maximum absolute atomic E-state index is 13.1. The third-order valence-corrected chi connectivity index (χ3v) is 7.22. The summed E-state index contributed by atoms with van der Waals surface area (Å²) in [6.07, 6.45) is 0.763. The summed E-state index contributed by atoms with van der Waals surface area (Å²) in [7, 11) is -3.62. The molecule has 1 atom stereocenters. The SMILES string of the molecule is CCS(=O)(=O)[N+]1(c2ccc(Oc3cccc(C(F)(F)F)c3)cc2)CC=CC=C1CN. The van der Waals surface area contributed by atoms with Gasteiger partial charge in [-0.25, -0.2) is 0 Å². The zero-order valence-electron chi connectivity index (χ0n) is 16.3. The monoisotopic (exact) mass is 439 g/mol. The lowest BCUT2D eigenvalue weighted by molar-refractivity contribution is -0.137. The second-order valence-electron chi connectivity index (χ2n) is 6.70. The normalized spacial score (nSPS) is 19.4. The zero-order chi connectivity index (χ0) is 22.0. The van der Waals surface area contributed by atoms with Gasteiger partial charge in [-0.05, 0) is 49.4 Å². The Balaban J connectivity index is 1.96. The number of rotatable bonds is 6. The molecule has 0 fully saturated rings. The van der Waals surface area contributed by atoms with Crippen molar-refractivity contribution < 1.29 is 26.3 Å². The number of hydrogen-bond donors (Lipinski definition) is 1. The first-order valence-electron chi connectivity index (χ1n) is 9.27. The Morgan fingerprint density at radius 2 is 1.80 bits per heavy atom. The molecule has 2 N–H and O–H groups in total. The zero-order valence-corrected chi connectivity index (χ0v) is 17.1. The van der Waals surface area contributed by atoms with Gasteiger partial charge in [-0.1, -0.05) is 12.1 Å². The fourth-order valence-corrected chi connectivity index (χ4v) is 5.10. The minimum Gasteiger partial charge on any atom is -0.457 e. The fraction of sp³-hybridized carbons (Fsp3) is 0.238. The first-order valence-corrected chi connectivity index (χ1v) is 10.9. The van der Waals surface area contributed by atoms with Gasteiger partial charge in [0, 0.05) is 12.1 Å². The Morgan fingerprint density at radius 3 is 2.40 bits per heavy atom. The van der Waals surface area contributed by atoms with Gasteiger partial charge in [0.1, 0.15) is 23.7 Å². The minimum absolute atomic E-state index is 0.0334. The molecule has 2 aromatic rings. The highest BCUT2D eigenvalue weighted by molar-refractivity contribution is 7.91. The number of sulfonamides is 1. The number of nitrogens with zero attached hydrogens (tertiary/aromatic N) is 1. The van der Waals surface area contributed by atoms with E-state index in [0.717, 1.165) is 12.1 Å². The van der Waals surface area contributed by atoms with Crippen molar-refractivity contribution in [2.45, 2.75) is 13.1 Å². The third kappa shape index (κ3) is 4.00. The van der Waals surface area contributed by atoms with Crippen LogP contribution in [0.1, 0.15) is 12.5 Å². The molecule has 0 aliphatic carbocycles. The number of halogens is 3. The molecule has 0 bridgehead atoms. The van der Waals surface area contributed by atoms with E-state index in [2.05, 4.69) is 0 Å². The number of nitrogens with two attached hydrogens (primary N) is 1. The summed E-state index contributed by atoms with van der Waals surface area (Å²) in [6, 6.07) is 10.8. The van der Waals surface area contributed by atoms with Crippen LogP contribution in [0.2, 0.25) is 0 Å². The lowest BCUT2D eigenvalue weighted by Crippen LogP contribution is -2.56. The van der Waals surface area contributed by atoms with Gasteiger partial charge in [0.2, 0.25) is 0 Å². The van der Waals surface area contributed by atoms with Crippen molar-refractivity contribution in [3.8, 4) is 11.5 Å². The molecule has 3 rings (SSSR count). The summed E-state index contributed by atoms with van der Waals surface area (Å²) >= 11 is 0. The van der Waals surface area contributed by atoms with Crippen molar-refractivity contribution in [3.05, 3.63) is 78.0 Å². The van der Waals surface area contributed by atoms with Gasteiger partial charge in [-0.15, -0.1) is 0 Å². The molecule has 1 aliphatic rings. The Bertz CT molecular complexity index is 1080. The summed E-state index contributed by atoms with van der Waals surface area (Å²) in [5.74, 6) is 0.239. The van der Waals surface area contributed by atoms with Crippen LogP contribution in [0.3, 0.4) is 0 Å². The van der Waals surface area contributed by atoms with Gasteiger partial charge >= 0.3 is 16.2 Å². The molecule has 0 saturated heterocycles. The van der Waals surface area contributed by atoms with E-state index in [4.69, 9.17) is 10.5 Å². The van der Waals surface area contributed by atoms with Gasteiger partial charge in [-0.3, -0.25) is 0 Å². The van der Waals surface area contributed by atoms with Crippen molar-refractivity contribution >= 4 is 15.7 Å². The molecule has 30 heavy (non-hydrogen) atoms. The largest absolute Gasteiger partial charge is 0.457 e. The third-order valence-electron chi connectivity index (χ3n) is 4.95. The van der Waals surface area contributed by atoms with Crippen LogP contribution < -0.4 is 14.4 Å². The Morgan fingerprint density at radius 1 is 1.10 bits per heavy atom. The van der Waals surface area contributed by atoms with Crippen molar-refractivity contribution in [1.82, 2.24) is 3.89 Å². The number of alkyl halides is 3. The molecular weight excluding hydrogens is 417 g/mol. The van der Waals surface area contributed by atoms with Gasteiger partial charge < -0.3 is 10.5 Å². The molecular formula is C21H22F3N2O3S+. The summed E-state index contributed by atoms with van der Waals surface area (Å²) in [5.41, 5.74) is 6.05. The summed E-state index contributed by atoms with van der Waals surface area (Å²) in [5, 5.41) is 0. The van der Waals surface area contributed by atoms with Crippen LogP contribution in [-0.4, -0.2) is 27.3 Å². The topological polar surface area (TPSA) is 69.4 Å². The highest BCUT2D eigenvalue weighted by Crippen LogP contribution is 2.37. The van der Waals surface area contributed by atoms with Crippen LogP contribution in [0.15, 0.2) is 72.5 Å². The van der Waals surface area contributed by atoms with E-state index >= 15 is 0 Å². The summed E-state index contributed by atoms with van der Waals surface area (Å²) in [6.45, 7) is 1.84. The van der Waals surface area contributed by atoms with Crippen molar-refractivity contribution in [1.29, 1.82) is 0 Å². The smallest absolute Gasteiger partial charge is 0.416 e. The molecule has 9 heteroatoms. The van der Waals surface area contributed by atoms with Crippen LogP contribution >= 0.6 is 0 Å². The predicted octanol–water partition coefficient (Wildman–Crippen LogP) is 4.57. The summed E-state index contributed by atoms with van der Waals surface area (Å²) in [4.78, 5) is 0. The van der Waals surface area contributed by atoms with Gasteiger partial charge in [0.25, 0.3) is 0 Å². The van der Waals surface area contributed by atoms with E-state index in [1.54, 1.807) is 37.3 Å².